The quantitative estimate of drug-likeness (QED) is 0.488. The minimum atomic E-state index is -4.87. The molecule has 2 aromatic carbocycles. The molecule has 12 heteroatoms. The molecule has 0 unspecified atom stereocenters. The smallest absolute Gasteiger partial charge is 0.294 e. The number of carbonyl (C=O) groups is 2. The van der Waals surface area contributed by atoms with Crippen LogP contribution in [-0.2, 0) is 0 Å². The highest BCUT2D eigenvalue weighted by atomic mass is 32.2. The first-order chi connectivity index (χ1) is 13.3. The molecule has 0 spiro atoms. The summed E-state index contributed by atoms with van der Waals surface area (Å²) in [5.74, 6) is -6.74. The van der Waals surface area contributed by atoms with Crippen LogP contribution in [0.1, 0.15) is 10.4 Å². The third-order valence-corrected chi connectivity index (χ3v) is 4.41. The zero-order valence-corrected chi connectivity index (χ0v) is 15.5. The molecule has 0 saturated heterocycles. The van der Waals surface area contributed by atoms with E-state index in [2.05, 4.69) is 0 Å². The summed E-state index contributed by atoms with van der Waals surface area (Å²) in [5, 5.41) is 0. The Balaban J connectivity index is 2.32. The summed E-state index contributed by atoms with van der Waals surface area (Å²) in [6.07, 6.45) is 0. The van der Waals surface area contributed by atoms with Crippen LogP contribution in [-0.4, -0.2) is 36.4 Å². The number of halogens is 7. The molecular weight excluding hydrogens is 429 g/mol. The molecule has 156 valence electrons. The third-order valence-electron chi connectivity index (χ3n) is 3.64. The first-order valence-corrected chi connectivity index (χ1v) is 8.39. The maximum atomic E-state index is 14.2. The second kappa shape index (κ2) is 8.31. The Morgan fingerprint density at radius 2 is 1.45 bits per heavy atom. The van der Waals surface area contributed by atoms with E-state index < -0.39 is 68.6 Å². The number of amides is 3. The van der Waals surface area contributed by atoms with Crippen LogP contribution in [0.5, 0.6) is 0 Å². The van der Waals surface area contributed by atoms with Crippen LogP contribution in [0, 0.1) is 23.3 Å². The Bertz CT molecular complexity index is 945. The van der Waals surface area contributed by atoms with Crippen LogP contribution in [0.2, 0.25) is 0 Å². The van der Waals surface area contributed by atoms with Gasteiger partial charge in [0, 0.05) is 20.2 Å². The lowest BCUT2D eigenvalue weighted by Gasteiger charge is -2.24. The normalized spacial score (nSPS) is 11.3. The van der Waals surface area contributed by atoms with Crippen LogP contribution in [0.3, 0.4) is 0 Å². The van der Waals surface area contributed by atoms with Crippen molar-refractivity contribution >= 4 is 29.4 Å². The van der Waals surface area contributed by atoms with Crippen molar-refractivity contribution in [2.24, 2.45) is 0 Å². The van der Waals surface area contributed by atoms with Gasteiger partial charge >= 0.3 is 11.5 Å². The SMILES string of the molecule is CN(C(=O)c1c(F)cccc1F)C(=O)N(C)c1cc(F)c(SC(F)(F)F)cc1F. The summed E-state index contributed by atoms with van der Waals surface area (Å²) >= 11 is -0.884. The number of alkyl halides is 3. The highest BCUT2D eigenvalue weighted by Gasteiger charge is 2.33. The van der Waals surface area contributed by atoms with Crippen molar-refractivity contribution in [1.29, 1.82) is 0 Å². The Morgan fingerprint density at radius 3 is 1.97 bits per heavy atom. The second-order valence-electron chi connectivity index (χ2n) is 5.58. The summed E-state index contributed by atoms with van der Waals surface area (Å²) in [6, 6.07) is 1.82. The number of imide groups is 1. The molecule has 0 aliphatic rings. The Hall–Kier alpha value is -2.76. The molecule has 3 amide bonds. The topological polar surface area (TPSA) is 40.6 Å². The summed E-state index contributed by atoms with van der Waals surface area (Å²) in [7, 11) is 1.74. The number of anilines is 1. The van der Waals surface area contributed by atoms with E-state index in [0.29, 0.717) is 11.0 Å². The molecule has 0 atom stereocenters. The number of thioether (sulfide) groups is 1. The number of carbonyl (C=O) groups excluding carboxylic acids is 2. The predicted molar refractivity (Wildman–Crippen MR) is 90.5 cm³/mol. The number of hydrogen-bond acceptors (Lipinski definition) is 3. The summed E-state index contributed by atoms with van der Waals surface area (Å²) in [5.41, 5.74) is -6.69. The predicted octanol–water partition coefficient (Wildman–Crippen LogP) is 5.18. The Morgan fingerprint density at radius 1 is 0.897 bits per heavy atom. The molecule has 0 aliphatic heterocycles. The molecule has 0 saturated carbocycles. The maximum absolute atomic E-state index is 14.2. The lowest BCUT2D eigenvalue weighted by Crippen LogP contribution is -2.43. The fourth-order valence-corrected chi connectivity index (χ4v) is 2.83. The Labute approximate surface area is 163 Å². The van der Waals surface area contributed by atoms with E-state index in [9.17, 15) is 40.3 Å². The molecule has 0 aliphatic carbocycles. The average Bonchev–Trinajstić information content (AvgIpc) is 2.61. The lowest BCUT2D eigenvalue weighted by atomic mass is 10.1. The van der Waals surface area contributed by atoms with Crippen molar-refractivity contribution in [1.82, 2.24) is 4.90 Å². The van der Waals surface area contributed by atoms with Crippen molar-refractivity contribution in [2.75, 3.05) is 19.0 Å². The second-order valence-corrected chi connectivity index (χ2v) is 6.69. The van der Waals surface area contributed by atoms with Crippen molar-refractivity contribution in [3.05, 3.63) is 59.2 Å². The highest BCUT2D eigenvalue weighted by molar-refractivity contribution is 8.00. The van der Waals surface area contributed by atoms with Gasteiger partial charge in [-0.3, -0.25) is 14.6 Å². The van der Waals surface area contributed by atoms with Gasteiger partial charge in [-0.15, -0.1) is 0 Å². The first-order valence-electron chi connectivity index (χ1n) is 7.58. The molecule has 0 bridgehead atoms. The van der Waals surface area contributed by atoms with E-state index in [4.69, 9.17) is 0 Å². The fraction of sp³-hybridized carbons (Fsp3) is 0.176. The minimum absolute atomic E-state index is 0.241. The molecule has 0 N–H and O–H groups in total. The van der Waals surface area contributed by atoms with Gasteiger partial charge in [0.05, 0.1) is 10.6 Å². The summed E-state index contributed by atoms with van der Waals surface area (Å²) in [6.45, 7) is 0. The molecular formula is C17H11F7N2O2S. The summed E-state index contributed by atoms with van der Waals surface area (Å²) < 4.78 is 92.6. The summed E-state index contributed by atoms with van der Waals surface area (Å²) in [4.78, 5) is 24.2. The van der Waals surface area contributed by atoms with Gasteiger partial charge in [-0.2, -0.15) is 13.2 Å². The van der Waals surface area contributed by atoms with Gasteiger partial charge in [0.1, 0.15) is 28.8 Å². The largest absolute Gasteiger partial charge is 0.446 e. The van der Waals surface area contributed by atoms with Crippen molar-refractivity contribution in [2.45, 2.75) is 10.4 Å². The molecule has 0 radical (unpaired) electrons. The van der Waals surface area contributed by atoms with E-state index in [1.165, 1.54) is 0 Å². The molecule has 2 aromatic rings. The third kappa shape index (κ3) is 5.00. The first kappa shape index (κ1) is 22.5. The molecule has 29 heavy (non-hydrogen) atoms. The zero-order chi connectivity index (χ0) is 22.1. The monoisotopic (exact) mass is 440 g/mol. The molecule has 0 fully saturated rings. The average molecular weight is 440 g/mol. The zero-order valence-electron chi connectivity index (χ0n) is 14.7. The number of nitrogens with zero attached hydrogens (tertiary/aromatic N) is 2. The van der Waals surface area contributed by atoms with Gasteiger partial charge < -0.3 is 0 Å². The number of hydrogen-bond donors (Lipinski definition) is 0. The van der Waals surface area contributed by atoms with Crippen LogP contribution >= 0.6 is 11.8 Å². The van der Waals surface area contributed by atoms with Crippen LogP contribution in [0.25, 0.3) is 0 Å². The van der Waals surface area contributed by atoms with E-state index in [0.717, 1.165) is 32.3 Å². The van der Waals surface area contributed by atoms with E-state index in [1.807, 2.05) is 0 Å². The van der Waals surface area contributed by atoms with Crippen LogP contribution in [0.4, 0.5) is 41.2 Å². The lowest BCUT2D eigenvalue weighted by molar-refractivity contribution is -0.0329. The van der Waals surface area contributed by atoms with Crippen molar-refractivity contribution in [3.8, 4) is 0 Å². The van der Waals surface area contributed by atoms with E-state index >= 15 is 0 Å². The Kier molecular flexibility index (Phi) is 6.46. The van der Waals surface area contributed by atoms with Gasteiger partial charge in [-0.05, 0) is 30.0 Å². The number of urea groups is 1. The maximum Gasteiger partial charge on any atom is 0.446 e. The number of benzene rings is 2. The van der Waals surface area contributed by atoms with Crippen LogP contribution in [0.15, 0.2) is 35.2 Å². The standard InChI is InChI=1S/C17H11F7N2O2S/c1-25(12-6-11(21)13(7-10(12)20)29-17(22,23)24)16(28)26(2)15(27)14-8(18)4-3-5-9(14)19/h3-7H,1-2H3. The molecule has 0 aromatic heterocycles. The van der Waals surface area contributed by atoms with Gasteiger partial charge in [0.15, 0.2) is 0 Å². The van der Waals surface area contributed by atoms with Crippen molar-refractivity contribution < 1.29 is 40.3 Å². The molecule has 0 heterocycles. The molecule has 2 rings (SSSR count). The van der Waals surface area contributed by atoms with Crippen LogP contribution < -0.4 is 4.90 Å². The van der Waals surface area contributed by atoms with Gasteiger partial charge in [-0.25, -0.2) is 22.4 Å². The van der Waals surface area contributed by atoms with E-state index in [1.54, 1.807) is 0 Å². The minimum Gasteiger partial charge on any atom is -0.294 e. The van der Waals surface area contributed by atoms with E-state index in [-0.39, 0.29) is 11.0 Å². The van der Waals surface area contributed by atoms with Crippen molar-refractivity contribution in [3.63, 3.8) is 0 Å². The van der Waals surface area contributed by atoms with Gasteiger partial charge in [-0.1, -0.05) is 6.07 Å². The molecule has 4 nitrogen and oxygen atoms in total. The van der Waals surface area contributed by atoms with Gasteiger partial charge in [0.25, 0.3) is 5.91 Å². The number of rotatable bonds is 3. The fourth-order valence-electron chi connectivity index (χ4n) is 2.26. The highest BCUT2D eigenvalue weighted by Crippen LogP contribution is 2.39. The van der Waals surface area contributed by atoms with Gasteiger partial charge in [0.2, 0.25) is 0 Å².